The van der Waals surface area contributed by atoms with Crippen LogP contribution in [-0.4, -0.2) is 17.3 Å². The van der Waals surface area contributed by atoms with Crippen molar-refractivity contribution in [1.82, 2.24) is 0 Å². The monoisotopic (exact) mass is 205 g/mol. The van der Waals surface area contributed by atoms with Crippen molar-refractivity contribution in [2.45, 2.75) is 44.8 Å². The Hall–Kier alpha value is -1.02. The number of para-hydroxylation sites is 1. The Morgan fingerprint density at radius 1 is 1.27 bits per heavy atom. The van der Waals surface area contributed by atoms with Gasteiger partial charge in [-0.15, -0.1) is 0 Å². The number of anilines is 1. The van der Waals surface area contributed by atoms with Gasteiger partial charge in [0.05, 0.1) is 12.1 Å². The van der Waals surface area contributed by atoms with E-state index in [4.69, 9.17) is 0 Å². The van der Waals surface area contributed by atoms with Crippen LogP contribution in [0, 0.1) is 0 Å². The third-order valence-electron chi connectivity index (χ3n) is 3.16. The van der Waals surface area contributed by atoms with Gasteiger partial charge in [0.2, 0.25) is 0 Å². The normalized spacial score (nSPS) is 25.1. The van der Waals surface area contributed by atoms with Crippen molar-refractivity contribution >= 4 is 5.69 Å². The zero-order valence-electron chi connectivity index (χ0n) is 9.40. The van der Waals surface area contributed by atoms with Gasteiger partial charge in [0, 0.05) is 5.69 Å². The molecule has 1 aromatic rings. The van der Waals surface area contributed by atoms with E-state index in [2.05, 4.69) is 37.4 Å². The number of benzene rings is 1. The van der Waals surface area contributed by atoms with E-state index in [1.165, 1.54) is 11.3 Å². The van der Waals surface area contributed by atoms with Crippen LogP contribution in [-0.2, 0) is 0 Å². The minimum atomic E-state index is -0.162. The summed E-state index contributed by atoms with van der Waals surface area (Å²) in [5.41, 5.74) is 2.51. The molecule has 1 saturated carbocycles. The fraction of sp³-hybridized carbons (Fsp3) is 0.538. The molecule has 82 valence electrons. The summed E-state index contributed by atoms with van der Waals surface area (Å²) < 4.78 is 0. The number of aliphatic hydroxyl groups excluding tert-OH is 1. The molecular formula is C13H19NO. The van der Waals surface area contributed by atoms with Gasteiger partial charge < -0.3 is 10.4 Å². The van der Waals surface area contributed by atoms with Crippen LogP contribution in [0.4, 0.5) is 5.69 Å². The van der Waals surface area contributed by atoms with Gasteiger partial charge in [-0.25, -0.2) is 0 Å². The van der Waals surface area contributed by atoms with Gasteiger partial charge in [-0.2, -0.15) is 0 Å². The minimum Gasteiger partial charge on any atom is -0.391 e. The van der Waals surface area contributed by atoms with Crippen LogP contribution in [0.15, 0.2) is 24.3 Å². The second kappa shape index (κ2) is 4.23. The average Bonchev–Trinajstić information content (AvgIpc) is 2.24. The molecule has 0 bridgehead atoms. The van der Waals surface area contributed by atoms with Gasteiger partial charge in [-0.05, 0) is 30.4 Å². The number of nitrogens with one attached hydrogen (secondary N) is 1. The van der Waals surface area contributed by atoms with Crippen LogP contribution in [0.1, 0.15) is 38.2 Å². The van der Waals surface area contributed by atoms with E-state index in [1.54, 1.807) is 0 Å². The van der Waals surface area contributed by atoms with E-state index in [0.29, 0.717) is 5.92 Å². The predicted octanol–water partition coefficient (Wildman–Crippen LogP) is 2.75. The molecule has 2 rings (SSSR count). The van der Waals surface area contributed by atoms with Crippen LogP contribution in [0.5, 0.6) is 0 Å². The first-order valence-corrected chi connectivity index (χ1v) is 5.72. The SMILES string of the molecule is CC(C)c1ccccc1N[C@@H]1CC[C@H]1O. The molecule has 2 N–H and O–H groups in total. The lowest BCUT2D eigenvalue weighted by Gasteiger charge is -2.34. The zero-order chi connectivity index (χ0) is 10.8. The predicted molar refractivity (Wildman–Crippen MR) is 63.2 cm³/mol. The lowest BCUT2D eigenvalue weighted by molar-refractivity contribution is 0.0785. The van der Waals surface area contributed by atoms with Crippen LogP contribution in [0.25, 0.3) is 0 Å². The summed E-state index contributed by atoms with van der Waals surface area (Å²) in [7, 11) is 0. The molecule has 1 fully saturated rings. The molecule has 2 nitrogen and oxygen atoms in total. The fourth-order valence-corrected chi connectivity index (χ4v) is 1.98. The summed E-state index contributed by atoms with van der Waals surface area (Å²) in [6.45, 7) is 4.38. The maximum atomic E-state index is 9.54. The summed E-state index contributed by atoms with van der Waals surface area (Å²) in [6.07, 6.45) is 1.85. The van der Waals surface area contributed by atoms with Gasteiger partial charge in [0.1, 0.15) is 0 Å². The second-order valence-electron chi connectivity index (χ2n) is 4.64. The highest BCUT2D eigenvalue weighted by atomic mass is 16.3. The first kappa shape index (κ1) is 10.5. The molecule has 0 aliphatic heterocycles. The molecule has 0 amide bonds. The van der Waals surface area contributed by atoms with E-state index >= 15 is 0 Å². The van der Waals surface area contributed by atoms with E-state index in [0.717, 1.165) is 12.8 Å². The summed E-state index contributed by atoms with van der Waals surface area (Å²) in [5.74, 6) is 0.519. The number of aliphatic hydroxyl groups is 1. The van der Waals surface area contributed by atoms with Gasteiger partial charge in [-0.1, -0.05) is 32.0 Å². The van der Waals surface area contributed by atoms with Gasteiger partial charge in [0.15, 0.2) is 0 Å². The van der Waals surface area contributed by atoms with Gasteiger partial charge in [0.25, 0.3) is 0 Å². The molecule has 2 heteroatoms. The lowest BCUT2D eigenvalue weighted by Crippen LogP contribution is -2.42. The number of hydrogen-bond donors (Lipinski definition) is 2. The van der Waals surface area contributed by atoms with Crippen molar-refractivity contribution in [3.8, 4) is 0 Å². The lowest BCUT2D eigenvalue weighted by atomic mass is 9.88. The Bertz CT molecular complexity index is 335. The number of hydrogen-bond acceptors (Lipinski definition) is 2. The minimum absolute atomic E-state index is 0.162. The van der Waals surface area contributed by atoms with Crippen LogP contribution in [0.2, 0.25) is 0 Å². The van der Waals surface area contributed by atoms with E-state index < -0.39 is 0 Å². The maximum Gasteiger partial charge on any atom is 0.0741 e. The Morgan fingerprint density at radius 2 is 2.00 bits per heavy atom. The standard InChI is InChI=1S/C13H19NO/c1-9(2)10-5-3-4-6-11(10)14-12-7-8-13(12)15/h3-6,9,12-15H,7-8H2,1-2H3/t12-,13-/m1/s1. The summed E-state index contributed by atoms with van der Waals surface area (Å²) in [6, 6.07) is 8.61. The third kappa shape index (κ3) is 2.15. The smallest absolute Gasteiger partial charge is 0.0741 e. The highest BCUT2D eigenvalue weighted by molar-refractivity contribution is 5.53. The summed E-state index contributed by atoms with van der Waals surface area (Å²) in [4.78, 5) is 0. The second-order valence-corrected chi connectivity index (χ2v) is 4.64. The van der Waals surface area contributed by atoms with Crippen molar-refractivity contribution < 1.29 is 5.11 Å². The average molecular weight is 205 g/mol. The van der Waals surface area contributed by atoms with Crippen molar-refractivity contribution in [2.75, 3.05) is 5.32 Å². The van der Waals surface area contributed by atoms with E-state index in [-0.39, 0.29) is 12.1 Å². The van der Waals surface area contributed by atoms with Gasteiger partial charge >= 0.3 is 0 Å². The molecule has 0 unspecified atom stereocenters. The largest absolute Gasteiger partial charge is 0.391 e. The zero-order valence-corrected chi connectivity index (χ0v) is 9.40. The Balaban J connectivity index is 2.13. The quantitative estimate of drug-likeness (QED) is 0.795. The Kier molecular flexibility index (Phi) is 2.96. The van der Waals surface area contributed by atoms with Crippen molar-refractivity contribution in [1.29, 1.82) is 0 Å². The van der Waals surface area contributed by atoms with Gasteiger partial charge in [-0.3, -0.25) is 0 Å². The van der Waals surface area contributed by atoms with Crippen molar-refractivity contribution in [3.63, 3.8) is 0 Å². The highest BCUT2D eigenvalue weighted by Gasteiger charge is 2.28. The number of rotatable bonds is 3. The molecule has 0 aromatic heterocycles. The van der Waals surface area contributed by atoms with E-state index in [9.17, 15) is 5.11 Å². The molecule has 0 heterocycles. The summed E-state index contributed by atoms with van der Waals surface area (Å²) in [5, 5.41) is 13.0. The van der Waals surface area contributed by atoms with Crippen LogP contribution < -0.4 is 5.32 Å². The Labute approximate surface area is 91.3 Å². The Morgan fingerprint density at radius 3 is 2.53 bits per heavy atom. The molecule has 1 aliphatic rings. The third-order valence-corrected chi connectivity index (χ3v) is 3.16. The van der Waals surface area contributed by atoms with E-state index in [1.807, 2.05) is 6.07 Å². The topological polar surface area (TPSA) is 32.3 Å². The first-order chi connectivity index (χ1) is 7.18. The molecule has 1 aromatic carbocycles. The van der Waals surface area contributed by atoms with Crippen LogP contribution in [0.3, 0.4) is 0 Å². The fourth-order valence-electron chi connectivity index (χ4n) is 1.98. The first-order valence-electron chi connectivity index (χ1n) is 5.72. The van der Waals surface area contributed by atoms with Crippen molar-refractivity contribution in [2.24, 2.45) is 0 Å². The maximum absolute atomic E-state index is 9.54. The summed E-state index contributed by atoms with van der Waals surface area (Å²) >= 11 is 0. The molecule has 0 saturated heterocycles. The molecular weight excluding hydrogens is 186 g/mol. The van der Waals surface area contributed by atoms with Crippen molar-refractivity contribution in [3.05, 3.63) is 29.8 Å². The molecule has 15 heavy (non-hydrogen) atoms. The highest BCUT2D eigenvalue weighted by Crippen LogP contribution is 2.29. The van der Waals surface area contributed by atoms with Crippen LogP contribution >= 0.6 is 0 Å². The molecule has 1 aliphatic carbocycles. The molecule has 0 radical (unpaired) electrons. The molecule has 2 atom stereocenters. The molecule has 0 spiro atoms.